The van der Waals surface area contributed by atoms with Gasteiger partial charge in [0, 0.05) is 37.4 Å². The minimum Gasteiger partial charge on any atom is -0.390 e. The molecule has 2 rings (SSSR count). The molecule has 20 heavy (non-hydrogen) atoms. The fraction of sp³-hybridized carbons (Fsp3) is 0.308. The van der Waals surface area contributed by atoms with Crippen LogP contribution in [-0.4, -0.2) is 23.1 Å². The summed E-state index contributed by atoms with van der Waals surface area (Å²) < 4.78 is 28.7. The third-order valence-corrected chi connectivity index (χ3v) is 4.58. The van der Waals surface area contributed by atoms with Crippen LogP contribution in [0.1, 0.15) is 24.2 Å². The molecular weight excluding hydrogens is 278 g/mol. The lowest BCUT2D eigenvalue weighted by Gasteiger charge is -2.13. The molecule has 2 heterocycles. The first-order chi connectivity index (χ1) is 9.44. The van der Waals surface area contributed by atoms with Gasteiger partial charge in [-0.05, 0) is 24.6 Å². The van der Waals surface area contributed by atoms with E-state index in [2.05, 4.69) is 9.71 Å². The average molecular weight is 295 g/mol. The van der Waals surface area contributed by atoms with Gasteiger partial charge in [-0.1, -0.05) is 6.07 Å². The van der Waals surface area contributed by atoms with Crippen LogP contribution in [0.15, 0.2) is 41.7 Å². The summed E-state index contributed by atoms with van der Waals surface area (Å²) in [5, 5.41) is 9.11. The van der Waals surface area contributed by atoms with Gasteiger partial charge in [0.25, 0.3) is 0 Å². The molecule has 108 valence electrons. The van der Waals surface area contributed by atoms with E-state index in [4.69, 9.17) is 5.11 Å². The Morgan fingerprint density at radius 1 is 1.50 bits per heavy atom. The minimum absolute atomic E-state index is 0.139. The summed E-state index contributed by atoms with van der Waals surface area (Å²) in [7, 11) is -1.94. The maximum Gasteiger partial charge on any atom is 0.242 e. The topological polar surface area (TPSA) is 84.2 Å². The van der Waals surface area contributed by atoms with Crippen LogP contribution >= 0.6 is 0 Å². The molecule has 0 aromatic carbocycles. The standard InChI is InChI=1S/C13H17N3O3S/c1-10(11-4-3-5-14-7-11)15-20(18,19)13-6-12(9-17)16(2)8-13/h3-8,10,15,17H,9H2,1-2H3. The summed E-state index contributed by atoms with van der Waals surface area (Å²) in [6.07, 6.45) is 4.73. The number of aliphatic hydroxyl groups excluding tert-OH is 1. The summed E-state index contributed by atoms with van der Waals surface area (Å²) in [5.41, 5.74) is 1.33. The van der Waals surface area contributed by atoms with E-state index in [-0.39, 0.29) is 17.5 Å². The van der Waals surface area contributed by atoms with Gasteiger partial charge >= 0.3 is 0 Å². The molecule has 0 saturated heterocycles. The average Bonchev–Trinajstić information content (AvgIpc) is 2.81. The van der Waals surface area contributed by atoms with E-state index < -0.39 is 10.0 Å². The molecule has 0 radical (unpaired) electrons. The van der Waals surface area contributed by atoms with E-state index in [0.717, 1.165) is 5.56 Å². The largest absolute Gasteiger partial charge is 0.390 e. The van der Waals surface area contributed by atoms with Crippen molar-refractivity contribution in [3.8, 4) is 0 Å². The molecule has 7 heteroatoms. The van der Waals surface area contributed by atoms with Gasteiger partial charge in [0.05, 0.1) is 11.5 Å². The molecule has 1 unspecified atom stereocenters. The fourth-order valence-corrected chi connectivity index (χ4v) is 3.21. The van der Waals surface area contributed by atoms with E-state index in [1.54, 1.807) is 37.0 Å². The quantitative estimate of drug-likeness (QED) is 0.860. The van der Waals surface area contributed by atoms with Crippen molar-refractivity contribution in [3.05, 3.63) is 48.0 Å². The van der Waals surface area contributed by atoms with Gasteiger partial charge in [0.15, 0.2) is 0 Å². The summed E-state index contributed by atoms with van der Waals surface area (Å²) in [6.45, 7) is 1.55. The lowest BCUT2D eigenvalue weighted by molar-refractivity contribution is 0.272. The normalized spacial score (nSPS) is 13.3. The van der Waals surface area contributed by atoms with E-state index in [1.165, 1.54) is 12.3 Å². The lowest BCUT2D eigenvalue weighted by atomic mass is 10.2. The third kappa shape index (κ3) is 3.06. The highest BCUT2D eigenvalue weighted by Crippen LogP contribution is 2.18. The van der Waals surface area contributed by atoms with Gasteiger partial charge in [-0.3, -0.25) is 4.98 Å². The van der Waals surface area contributed by atoms with Crippen LogP contribution in [-0.2, 0) is 23.7 Å². The maximum absolute atomic E-state index is 12.3. The first-order valence-corrected chi connectivity index (χ1v) is 7.60. The van der Waals surface area contributed by atoms with Crippen molar-refractivity contribution in [2.24, 2.45) is 7.05 Å². The molecular formula is C13H17N3O3S. The Hall–Kier alpha value is -1.70. The second kappa shape index (κ2) is 5.74. The molecule has 0 bridgehead atoms. The molecule has 0 saturated carbocycles. The number of pyridine rings is 1. The highest BCUT2D eigenvalue weighted by molar-refractivity contribution is 7.89. The minimum atomic E-state index is -3.63. The number of hydrogen-bond acceptors (Lipinski definition) is 4. The number of aliphatic hydroxyl groups is 1. The number of hydrogen-bond donors (Lipinski definition) is 2. The van der Waals surface area contributed by atoms with Crippen LogP contribution in [0.5, 0.6) is 0 Å². The second-order valence-corrected chi connectivity index (χ2v) is 6.28. The molecule has 1 atom stereocenters. The van der Waals surface area contributed by atoms with Crippen molar-refractivity contribution in [1.82, 2.24) is 14.3 Å². The van der Waals surface area contributed by atoms with Crippen molar-refractivity contribution in [1.29, 1.82) is 0 Å². The van der Waals surface area contributed by atoms with Crippen LogP contribution in [0.2, 0.25) is 0 Å². The summed E-state index contributed by atoms with van der Waals surface area (Å²) in [4.78, 5) is 4.11. The Labute approximate surface area is 118 Å². The highest BCUT2D eigenvalue weighted by atomic mass is 32.2. The Morgan fingerprint density at radius 2 is 2.25 bits per heavy atom. The summed E-state index contributed by atoms with van der Waals surface area (Å²) >= 11 is 0. The molecule has 2 aromatic heterocycles. The zero-order valence-electron chi connectivity index (χ0n) is 11.3. The van der Waals surface area contributed by atoms with E-state index in [1.807, 2.05) is 6.07 Å². The number of rotatable bonds is 5. The number of nitrogens with one attached hydrogen (secondary N) is 1. The summed E-state index contributed by atoms with van der Waals surface area (Å²) in [5.74, 6) is 0. The van der Waals surface area contributed by atoms with Crippen molar-refractivity contribution < 1.29 is 13.5 Å². The zero-order valence-corrected chi connectivity index (χ0v) is 12.1. The molecule has 0 aliphatic rings. The first-order valence-electron chi connectivity index (χ1n) is 6.12. The van der Waals surface area contributed by atoms with Gasteiger partial charge in [-0.25, -0.2) is 13.1 Å². The molecule has 0 spiro atoms. The Bertz CT molecular complexity index is 680. The number of nitrogens with zero attached hydrogens (tertiary/aromatic N) is 2. The molecule has 6 nitrogen and oxygen atoms in total. The predicted molar refractivity (Wildman–Crippen MR) is 74.3 cm³/mol. The summed E-state index contributed by atoms with van der Waals surface area (Å²) in [6, 6.07) is 4.64. The molecule has 2 aromatic rings. The number of aromatic nitrogens is 2. The van der Waals surface area contributed by atoms with Crippen LogP contribution < -0.4 is 4.72 Å². The van der Waals surface area contributed by atoms with E-state index in [0.29, 0.717) is 5.69 Å². The molecule has 2 N–H and O–H groups in total. The van der Waals surface area contributed by atoms with Gasteiger partial charge < -0.3 is 9.67 Å². The van der Waals surface area contributed by atoms with Crippen LogP contribution in [0.4, 0.5) is 0 Å². The van der Waals surface area contributed by atoms with Crippen LogP contribution in [0.3, 0.4) is 0 Å². The van der Waals surface area contributed by atoms with Crippen molar-refractivity contribution in [2.75, 3.05) is 0 Å². The Balaban J connectivity index is 2.23. The highest BCUT2D eigenvalue weighted by Gasteiger charge is 2.20. The fourth-order valence-electron chi connectivity index (χ4n) is 1.88. The second-order valence-electron chi connectivity index (χ2n) is 4.57. The van der Waals surface area contributed by atoms with Gasteiger partial charge in [0.1, 0.15) is 0 Å². The predicted octanol–water partition coefficient (Wildman–Crippen LogP) is 0.952. The van der Waals surface area contributed by atoms with Crippen LogP contribution in [0, 0.1) is 0 Å². The molecule has 0 aliphatic carbocycles. The Morgan fingerprint density at radius 3 is 2.80 bits per heavy atom. The zero-order chi connectivity index (χ0) is 14.8. The molecule has 0 fully saturated rings. The van der Waals surface area contributed by atoms with E-state index >= 15 is 0 Å². The van der Waals surface area contributed by atoms with Crippen molar-refractivity contribution >= 4 is 10.0 Å². The smallest absolute Gasteiger partial charge is 0.242 e. The van der Waals surface area contributed by atoms with E-state index in [9.17, 15) is 8.42 Å². The monoisotopic (exact) mass is 295 g/mol. The van der Waals surface area contributed by atoms with Gasteiger partial charge in [-0.2, -0.15) is 0 Å². The van der Waals surface area contributed by atoms with Crippen molar-refractivity contribution in [2.45, 2.75) is 24.5 Å². The third-order valence-electron chi connectivity index (χ3n) is 3.07. The SMILES string of the molecule is CC(NS(=O)(=O)c1cc(CO)n(C)c1)c1cccnc1. The molecule has 0 aliphatic heterocycles. The lowest BCUT2D eigenvalue weighted by Crippen LogP contribution is -2.26. The first kappa shape index (κ1) is 14.7. The maximum atomic E-state index is 12.3. The van der Waals surface area contributed by atoms with Crippen LogP contribution in [0.25, 0.3) is 0 Å². The molecule has 0 amide bonds. The van der Waals surface area contributed by atoms with Gasteiger partial charge in [0.2, 0.25) is 10.0 Å². The van der Waals surface area contributed by atoms with Gasteiger partial charge in [-0.15, -0.1) is 0 Å². The number of sulfonamides is 1. The number of aryl methyl sites for hydroxylation is 1. The Kier molecular flexibility index (Phi) is 4.22. The van der Waals surface area contributed by atoms with Crippen molar-refractivity contribution in [3.63, 3.8) is 0 Å².